The molecule has 0 aliphatic heterocycles. The molecule has 1 spiro atoms. The topological polar surface area (TPSA) is 17.1 Å². The summed E-state index contributed by atoms with van der Waals surface area (Å²) in [5, 5.41) is 0. The van der Waals surface area contributed by atoms with Crippen molar-refractivity contribution in [3.63, 3.8) is 0 Å². The van der Waals surface area contributed by atoms with Crippen LogP contribution in [0.2, 0.25) is 0 Å². The van der Waals surface area contributed by atoms with Crippen LogP contribution in [0.25, 0.3) is 0 Å². The SMILES string of the molecule is O=C1CCC12C=CC=CC2. The number of hydrogen-bond acceptors (Lipinski definition) is 1. The van der Waals surface area contributed by atoms with E-state index in [0.717, 1.165) is 19.3 Å². The highest BCUT2D eigenvalue weighted by atomic mass is 16.1. The van der Waals surface area contributed by atoms with Gasteiger partial charge < -0.3 is 0 Å². The van der Waals surface area contributed by atoms with Crippen molar-refractivity contribution < 1.29 is 4.79 Å². The van der Waals surface area contributed by atoms with Crippen LogP contribution in [0.5, 0.6) is 0 Å². The van der Waals surface area contributed by atoms with Crippen molar-refractivity contribution >= 4 is 5.78 Å². The maximum Gasteiger partial charge on any atom is 0.143 e. The molecular weight excluding hydrogens is 124 g/mol. The lowest BCUT2D eigenvalue weighted by Crippen LogP contribution is -2.39. The molecule has 0 heterocycles. The number of rotatable bonds is 0. The number of allylic oxidation sites excluding steroid dienone is 4. The summed E-state index contributed by atoms with van der Waals surface area (Å²) in [7, 11) is 0. The molecule has 52 valence electrons. The van der Waals surface area contributed by atoms with E-state index >= 15 is 0 Å². The van der Waals surface area contributed by atoms with Crippen molar-refractivity contribution in [2.45, 2.75) is 19.3 Å². The smallest absolute Gasteiger partial charge is 0.143 e. The van der Waals surface area contributed by atoms with E-state index < -0.39 is 0 Å². The zero-order chi connectivity index (χ0) is 7.03. The molecule has 2 aliphatic rings. The molecule has 0 N–H and O–H groups in total. The Kier molecular flexibility index (Phi) is 1.07. The number of carbonyl (C=O) groups is 1. The predicted molar refractivity (Wildman–Crippen MR) is 39.6 cm³/mol. The molecule has 0 radical (unpaired) electrons. The van der Waals surface area contributed by atoms with Gasteiger partial charge in [-0.1, -0.05) is 24.3 Å². The summed E-state index contributed by atoms with van der Waals surface area (Å²) >= 11 is 0. The second-order valence-corrected chi connectivity index (χ2v) is 3.07. The largest absolute Gasteiger partial charge is 0.299 e. The Balaban J connectivity index is 2.24. The molecule has 2 aliphatic carbocycles. The number of hydrogen-bond donors (Lipinski definition) is 0. The highest BCUT2D eigenvalue weighted by Gasteiger charge is 2.42. The Morgan fingerprint density at radius 3 is 2.60 bits per heavy atom. The van der Waals surface area contributed by atoms with E-state index in [1.54, 1.807) is 0 Å². The first-order chi connectivity index (χ1) is 4.83. The normalized spacial score (nSPS) is 36.6. The fourth-order valence-corrected chi connectivity index (χ4v) is 1.61. The van der Waals surface area contributed by atoms with E-state index in [2.05, 4.69) is 12.2 Å². The molecule has 0 amide bonds. The minimum atomic E-state index is -0.0469. The monoisotopic (exact) mass is 134 g/mol. The fraction of sp³-hybridized carbons (Fsp3) is 0.444. The van der Waals surface area contributed by atoms with E-state index in [-0.39, 0.29) is 5.41 Å². The zero-order valence-corrected chi connectivity index (χ0v) is 5.84. The molecule has 0 bridgehead atoms. The van der Waals surface area contributed by atoms with Gasteiger partial charge in [-0.25, -0.2) is 0 Å². The second kappa shape index (κ2) is 1.82. The molecular formula is C9H10O. The minimum Gasteiger partial charge on any atom is -0.299 e. The Bertz CT molecular complexity index is 225. The molecule has 1 saturated carbocycles. The van der Waals surface area contributed by atoms with Gasteiger partial charge in [-0.3, -0.25) is 4.79 Å². The van der Waals surface area contributed by atoms with E-state index in [9.17, 15) is 4.79 Å². The third-order valence-electron chi connectivity index (χ3n) is 2.50. The summed E-state index contributed by atoms with van der Waals surface area (Å²) in [5.74, 6) is 0.424. The van der Waals surface area contributed by atoms with E-state index in [0.29, 0.717) is 5.78 Å². The van der Waals surface area contributed by atoms with Crippen molar-refractivity contribution in [2.75, 3.05) is 0 Å². The van der Waals surface area contributed by atoms with Gasteiger partial charge in [-0.15, -0.1) is 0 Å². The van der Waals surface area contributed by atoms with E-state index in [4.69, 9.17) is 0 Å². The first-order valence-corrected chi connectivity index (χ1v) is 3.71. The number of ketones is 1. The molecule has 1 heteroatoms. The molecule has 1 unspecified atom stereocenters. The molecule has 2 rings (SSSR count). The minimum absolute atomic E-state index is 0.0469. The zero-order valence-electron chi connectivity index (χ0n) is 5.84. The van der Waals surface area contributed by atoms with Crippen molar-refractivity contribution in [1.29, 1.82) is 0 Å². The van der Waals surface area contributed by atoms with Gasteiger partial charge in [0.2, 0.25) is 0 Å². The number of Topliss-reactive ketones (excluding diaryl/α,β-unsaturated/α-hetero) is 1. The Hall–Kier alpha value is -0.850. The van der Waals surface area contributed by atoms with Gasteiger partial charge in [0.25, 0.3) is 0 Å². The third kappa shape index (κ3) is 0.605. The van der Waals surface area contributed by atoms with Crippen molar-refractivity contribution in [2.24, 2.45) is 5.41 Å². The molecule has 1 nitrogen and oxygen atoms in total. The first kappa shape index (κ1) is 5.90. The molecule has 10 heavy (non-hydrogen) atoms. The Morgan fingerprint density at radius 1 is 1.40 bits per heavy atom. The summed E-state index contributed by atoms with van der Waals surface area (Å²) in [6.07, 6.45) is 10.9. The summed E-state index contributed by atoms with van der Waals surface area (Å²) < 4.78 is 0. The van der Waals surface area contributed by atoms with Gasteiger partial charge in [0, 0.05) is 6.42 Å². The van der Waals surface area contributed by atoms with Crippen LogP contribution in [0.1, 0.15) is 19.3 Å². The lowest BCUT2D eigenvalue weighted by molar-refractivity contribution is -0.134. The number of carbonyl (C=O) groups excluding carboxylic acids is 1. The van der Waals surface area contributed by atoms with Crippen LogP contribution in [0.4, 0.5) is 0 Å². The van der Waals surface area contributed by atoms with Crippen LogP contribution in [-0.2, 0) is 4.79 Å². The van der Waals surface area contributed by atoms with Gasteiger partial charge in [-0.05, 0) is 12.8 Å². The molecule has 0 saturated heterocycles. The maximum absolute atomic E-state index is 11.1. The van der Waals surface area contributed by atoms with Gasteiger partial charge in [0.05, 0.1) is 5.41 Å². The van der Waals surface area contributed by atoms with Crippen LogP contribution in [0, 0.1) is 5.41 Å². The average Bonchev–Trinajstić information content (AvgIpc) is 2.04. The predicted octanol–water partition coefficient (Wildman–Crippen LogP) is 1.85. The summed E-state index contributed by atoms with van der Waals surface area (Å²) in [6.45, 7) is 0. The van der Waals surface area contributed by atoms with Crippen molar-refractivity contribution in [3.05, 3.63) is 24.3 Å². The molecule has 1 atom stereocenters. The van der Waals surface area contributed by atoms with Crippen LogP contribution in [0.3, 0.4) is 0 Å². The first-order valence-electron chi connectivity index (χ1n) is 3.71. The van der Waals surface area contributed by atoms with Crippen molar-refractivity contribution in [1.82, 2.24) is 0 Å². The highest BCUT2D eigenvalue weighted by Crippen LogP contribution is 2.43. The van der Waals surface area contributed by atoms with Gasteiger partial charge in [0.15, 0.2) is 0 Å². The molecule has 1 fully saturated rings. The molecule has 0 aromatic rings. The van der Waals surface area contributed by atoms with Crippen LogP contribution in [0.15, 0.2) is 24.3 Å². The molecule has 0 aromatic heterocycles. The maximum atomic E-state index is 11.1. The second-order valence-electron chi connectivity index (χ2n) is 3.07. The summed E-state index contributed by atoms with van der Waals surface area (Å²) in [4.78, 5) is 11.1. The van der Waals surface area contributed by atoms with Gasteiger partial charge in [-0.2, -0.15) is 0 Å². The highest BCUT2D eigenvalue weighted by molar-refractivity contribution is 5.92. The Morgan fingerprint density at radius 2 is 2.30 bits per heavy atom. The molecule has 0 aromatic carbocycles. The summed E-state index contributed by atoms with van der Waals surface area (Å²) in [6, 6.07) is 0. The summed E-state index contributed by atoms with van der Waals surface area (Å²) in [5.41, 5.74) is -0.0469. The van der Waals surface area contributed by atoms with Crippen LogP contribution < -0.4 is 0 Å². The third-order valence-corrected chi connectivity index (χ3v) is 2.50. The quantitative estimate of drug-likeness (QED) is 0.494. The standard InChI is InChI=1S/C9H10O/c10-8-4-7-9(8)5-2-1-3-6-9/h1-3,5H,4,6-7H2. The average molecular weight is 134 g/mol. The lowest BCUT2D eigenvalue weighted by atomic mass is 9.64. The van der Waals surface area contributed by atoms with Gasteiger partial charge >= 0.3 is 0 Å². The van der Waals surface area contributed by atoms with Crippen LogP contribution >= 0.6 is 0 Å². The van der Waals surface area contributed by atoms with E-state index in [1.165, 1.54) is 0 Å². The van der Waals surface area contributed by atoms with Crippen LogP contribution in [-0.4, -0.2) is 5.78 Å². The fourth-order valence-electron chi connectivity index (χ4n) is 1.61. The van der Waals surface area contributed by atoms with Gasteiger partial charge in [0.1, 0.15) is 5.78 Å². The Labute approximate surface area is 60.4 Å². The van der Waals surface area contributed by atoms with Crippen molar-refractivity contribution in [3.8, 4) is 0 Å². The van der Waals surface area contributed by atoms with E-state index in [1.807, 2.05) is 12.2 Å². The lowest BCUT2D eigenvalue weighted by Gasteiger charge is -2.37.